The van der Waals surface area contributed by atoms with Crippen LogP contribution in [0.15, 0.2) is 45.3 Å². The Hall–Kier alpha value is -2.23. The molecular formula is C15H15N3O4S2. The number of aromatic nitrogens is 2. The van der Waals surface area contributed by atoms with Crippen molar-refractivity contribution < 1.29 is 17.7 Å². The third-order valence-corrected chi connectivity index (χ3v) is 6.22. The molecule has 0 saturated heterocycles. The van der Waals surface area contributed by atoms with Gasteiger partial charge >= 0.3 is 0 Å². The maximum absolute atomic E-state index is 12.4. The monoisotopic (exact) mass is 365 g/mol. The Labute approximate surface area is 143 Å². The second-order valence-electron chi connectivity index (χ2n) is 4.97. The van der Waals surface area contributed by atoms with E-state index in [0.29, 0.717) is 17.3 Å². The largest absolute Gasteiger partial charge is 0.481 e. The van der Waals surface area contributed by atoms with Crippen molar-refractivity contribution in [2.75, 3.05) is 7.11 Å². The molecule has 9 heteroatoms. The van der Waals surface area contributed by atoms with E-state index >= 15 is 0 Å². The second kappa shape index (κ2) is 6.71. The number of methoxy groups -OCH3 is 1. The molecule has 0 atom stereocenters. The van der Waals surface area contributed by atoms with Crippen molar-refractivity contribution in [3.63, 3.8) is 0 Å². The predicted molar refractivity (Wildman–Crippen MR) is 89.4 cm³/mol. The van der Waals surface area contributed by atoms with Crippen molar-refractivity contribution >= 4 is 21.4 Å². The van der Waals surface area contributed by atoms with Gasteiger partial charge in [-0.05, 0) is 25.1 Å². The van der Waals surface area contributed by atoms with Crippen LogP contribution >= 0.6 is 11.3 Å². The number of ether oxygens (including phenoxy) is 1. The van der Waals surface area contributed by atoms with Gasteiger partial charge in [-0.1, -0.05) is 5.16 Å². The molecular weight excluding hydrogens is 350 g/mol. The summed E-state index contributed by atoms with van der Waals surface area (Å²) in [6.45, 7) is 1.83. The number of hydrogen-bond donors (Lipinski definition) is 1. The van der Waals surface area contributed by atoms with Crippen molar-refractivity contribution in [2.24, 2.45) is 0 Å². The molecule has 1 N–H and O–H groups in total. The average Bonchev–Trinajstić information content (AvgIpc) is 3.23. The summed E-state index contributed by atoms with van der Waals surface area (Å²) < 4.78 is 37.5. The highest BCUT2D eigenvalue weighted by Gasteiger charge is 2.18. The normalized spacial score (nSPS) is 11.6. The Kier molecular flexibility index (Phi) is 4.65. The van der Waals surface area contributed by atoms with Crippen molar-refractivity contribution in [1.29, 1.82) is 0 Å². The fraction of sp³-hybridized carbons (Fsp3) is 0.200. The predicted octanol–water partition coefficient (Wildman–Crippen LogP) is 2.59. The molecule has 3 aromatic rings. The molecule has 0 fully saturated rings. The minimum atomic E-state index is -3.61. The average molecular weight is 365 g/mol. The second-order valence-corrected chi connectivity index (χ2v) is 8.04. The quantitative estimate of drug-likeness (QED) is 0.721. The lowest BCUT2D eigenvalue weighted by atomic mass is 10.2. The van der Waals surface area contributed by atoms with E-state index in [4.69, 9.17) is 9.26 Å². The SMILES string of the molecule is COc1ccc(-c2ccc(S(=O)(=O)NCc3cc(C)no3)s2)cn1. The Morgan fingerprint density at radius 1 is 1.29 bits per heavy atom. The number of sulfonamides is 1. The van der Waals surface area contributed by atoms with Gasteiger partial charge < -0.3 is 9.26 Å². The van der Waals surface area contributed by atoms with E-state index in [0.717, 1.165) is 10.4 Å². The molecule has 0 aliphatic rings. The van der Waals surface area contributed by atoms with Crippen LogP contribution in [0.4, 0.5) is 0 Å². The van der Waals surface area contributed by atoms with Crippen LogP contribution in [0.2, 0.25) is 0 Å². The number of nitrogens with one attached hydrogen (secondary N) is 1. The topological polar surface area (TPSA) is 94.3 Å². The van der Waals surface area contributed by atoms with Crippen LogP contribution in [0, 0.1) is 6.92 Å². The van der Waals surface area contributed by atoms with Gasteiger partial charge in [-0.15, -0.1) is 11.3 Å². The minimum Gasteiger partial charge on any atom is -0.481 e. The van der Waals surface area contributed by atoms with Crippen LogP contribution in [-0.2, 0) is 16.6 Å². The summed E-state index contributed by atoms with van der Waals surface area (Å²) in [5.74, 6) is 0.972. The summed E-state index contributed by atoms with van der Waals surface area (Å²) in [4.78, 5) is 4.93. The molecule has 0 aliphatic carbocycles. The first-order valence-corrected chi connectivity index (χ1v) is 9.30. The summed E-state index contributed by atoms with van der Waals surface area (Å²) in [7, 11) is -2.07. The fourth-order valence-electron chi connectivity index (χ4n) is 2.00. The lowest BCUT2D eigenvalue weighted by Crippen LogP contribution is -2.22. The molecule has 0 spiro atoms. The highest BCUT2D eigenvalue weighted by molar-refractivity contribution is 7.91. The van der Waals surface area contributed by atoms with E-state index in [1.807, 2.05) is 6.07 Å². The molecule has 3 heterocycles. The van der Waals surface area contributed by atoms with Crippen LogP contribution < -0.4 is 9.46 Å². The Balaban J connectivity index is 1.75. The molecule has 0 radical (unpaired) electrons. The third-order valence-electron chi connectivity index (χ3n) is 3.19. The fourth-order valence-corrected chi connectivity index (χ4v) is 4.34. The summed E-state index contributed by atoms with van der Waals surface area (Å²) in [6, 6.07) is 8.57. The highest BCUT2D eigenvalue weighted by atomic mass is 32.2. The maximum atomic E-state index is 12.4. The van der Waals surface area contributed by atoms with Gasteiger partial charge in [0.15, 0.2) is 5.76 Å². The number of pyridine rings is 1. The van der Waals surface area contributed by atoms with Gasteiger partial charge in [0, 0.05) is 28.8 Å². The summed E-state index contributed by atoms with van der Waals surface area (Å²) >= 11 is 1.17. The van der Waals surface area contributed by atoms with E-state index in [-0.39, 0.29) is 10.8 Å². The summed E-state index contributed by atoms with van der Waals surface area (Å²) in [5, 5.41) is 3.72. The van der Waals surface area contributed by atoms with Gasteiger partial charge in [-0.2, -0.15) is 0 Å². The van der Waals surface area contributed by atoms with Crippen molar-refractivity contribution in [3.8, 4) is 16.3 Å². The van der Waals surface area contributed by atoms with Gasteiger partial charge in [0.2, 0.25) is 15.9 Å². The first kappa shape index (κ1) is 16.6. The molecule has 24 heavy (non-hydrogen) atoms. The summed E-state index contributed by atoms with van der Waals surface area (Å²) in [6.07, 6.45) is 1.64. The first-order chi connectivity index (χ1) is 11.5. The van der Waals surface area contributed by atoms with Crippen LogP contribution in [0.3, 0.4) is 0 Å². The Morgan fingerprint density at radius 3 is 2.75 bits per heavy atom. The van der Waals surface area contributed by atoms with Crippen LogP contribution in [0.25, 0.3) is 10.4 Å². The number of hydrogen-bond acceptors (Lipinski definition) is 7. The maximum Gasteiger partial charge on any atom is 0.250 e. The zero-order valence-electron chi connectivity index (χ0n) is 13.0. The van der Waals surface area contributed by atoms with Gasteiger partial charge in [0.1, 0.15) is 4.21 Å². The summed E-state index contributed by atoms with van der Waals surface area (Å²) in [5.41, 5.74) is 1.53. The molecule has 0 bridgehead atoms. The van der Waals surface area contributed by atoms with E-state index < -0.39 is 10.0 Å². The van der Waals surface area contributed by atoms with Gasteiger partial charge in [0.05, 0.1) is 19.3 Å². The Morgan fingerprint density at radius 2 is 2.12 bits per heavy atom. The molecule has 0 aromatic carbocycles. The lowest BCUT2D eigenvalue weighted by Gasteiger charge is -2.02. The van der Waals surface area contributed by atoms with Crippen LogP contribution in [0.5, 0.6) is 5.88 Å². The van der Waals surface area contributed by atoms with Crippen molar-refractivity contribution in [3.05, 3.63) is 48.0 Å². The lowest BCUT2D eigenvalue weighted by molar-refractivity contribution is 0.377. The van der Waals surface area contributed by atoms with Gasteiger partial charge in [-0.25, -0.2) is 18.1 Å². The zero-order valence-corrected chi connectivity index (χ0v) is 14.6. The smallest absolute Gasteiger partial charge is 0.250 e. The number of nitrogens with zero attached hydrogens (tertiary/aromatic N) is 2. The first-order valence-electron chi connectivity index (χ1n) is 7.00. The molecule has 3 aromatic heterocycles. The Bertz CT molecular complexity index is 930. The third kappa shape index (κ3) is 3.64. The number of thiophene rings is 1. The molecule has 0 saturated carbocycles. The highest BCUT2D eigenvalue weighted by Crippen LogP contribution is 2.30. The van der Waals surface area contributed by atoms with E-state index in [1.54, 1.807) is 44.5 Å². The zero-order chi connectivity index (χ0) is 17.2. The van der Waals surface area contributed by atoms with Gasteiger partial charge in [-0.3, -0.25) is 0 Å². The van der Waals surface area contributed by atoms with E-state index in [9.17, 15) is 8.42 Å². The molecule has 0 aliphatic heterocycles. The number of aryl methyl sites for hydroxylation is 1. The van der Waals surface area contributed by atoms with Crippen molar-refractivity contribution in [2.45, 2.75) is 17.7 Å². The van der Waals surface area contributed by atoms with Gasteiger partial charge in [0.25, 0.3) is 0 Å². The van der Waals surface area contributed by atoms with Crippen LogP contribution in [0.1, 0.15) is 11.5 Å². The molecule has 126 valence electrons. The number of rotatable bonds is 6. The molecule has 7 nitrogen and oxygen atoms in total. The molecule has 3 rings (SSSR count). The van der Waals surface area contributed by atoms with E-state index in [1.165, 1.54) is 11.3 Å². The van der Waals surface area contributed by atoms with Crippen LogP contribution in [-0.4, -0.2) is 25.7 Å². The van der Waals surface area contributed by atoms with Crippen molar-refractivity contribution in [1.82, 2.24) is 14.9 Å². The molecule has 0 unspecified atom stereocenters. The standard InChI is InChI=1S/C15H15N3O4S2/c1-10-7-12(22-18-10)9-17-24(19,20)15-6-4-13(23-15)11-3-5-14(21-2)16-8-11/h3-8,17H,9H2,1-2H3. The van der Waals surface area contributed by atoms with E-state index in [2.05, 4.69) is 14.9 Å². The minimum absolute atomic E-state index is 0.0560. The molecule has 0 amide bonds.